The van der Waals surface area contributed by atoms with Gasteiger partial charge in [0.1, 0.15) is 12.4 Å². The minimum atomic E-state index is -0.376. The molecule has 218 valence electrons. The average molecular weight is 694 g/mol. The van der Waals surface area contributed by atoms with Crippen LogP contribution in [-0.2, 0) is 16.2 Å². The summed E-state index contributed by atoms with van der Waals surface area (Å²) in [7, 11) is 0. The molecular formula is C33H26BrClN2O4S2. The molecule has 0 unspecified atom stereocenters. The number of aromatic amines is 1. The summed E-state index contributed by atoms with van der Waals surface area (Å²) in [6, 6.07) is 21.3. The average Bonchev–Trinajstić information content (AvgIpc) is 3.73. The molecule has 4 aromatic rings. The summed E-state index contributed by atoms with van der Waals surface area (Å²) in [5.74, 6) is -0.304. The number of rotatable bonds is 5. The van der Waals surface area contributed by atoms with Gasteiger partial charge in [0.25, 0.3) is 0 Å². The molecule has 2 amide bonds. The van der Waals surface area contributed by atoms with Crippen molar-refractivity contribution in [3.63, 3.8) is 0 Å². The fourth-order valence-electron chi connectivity index (χ4n) is 7.95. The van der Waals surface area contributed by atoms with Crippen molar-refractivity contribution in [1.29, 1.82) is 0 Å². The Hall–Kier alpha value is -2.85. The Morgan fingerprint density at radius 3 is 2.44 bits per heavy atom. The third-order valence-electron chi connectivity index (χ3n) is 9.63. The van der Waals surface area contributed by atoms with E-state index < -0.39 is 0 Å². The molecule has 10 heteroatoms. The van der Waals surface area contributed by atoms with E-state index in [1.165, 1.54) is 21.8 Å². The zero-order valence-corrected chi connectivity index (χ0v) is 26.9. The van der Waals surface area contributed by atoms with Crippen LogP contribution in [0.5, 0.6) is 5.75 Å². The minimum Gasteiger partial charge on any atom is -0.489 e. The van der Waals surface area contributed by atoms with Gasteiger partial charge in [-0.05, 0) is 79.1 Å². The molecule has 0 spiro atoms. The number of ether oxygens (including phenoxy) is 1. The molecule has 1 saturated heterocycles. The molecule has 3 fully saturated rings. The number of amides is 2. The number of aromatic nitrogens is 1. The first kappa shape index (κ1) is 27.7. The summed E-state index contributed by atoms with van der Waals surface area (Å²) in [5, 5.41) is 1.53. The zero-order chi connectivity index (χ0) is 29.6. The maximum atomic E-state index is 14.0. The first-order chi connectivity index (χ1) is 20.8. The van der Waals surface area contributed by atoms with Gasteiger partial charge in [-0.1, -0.05) is 68.7 Å². The summed E-state index contributed by atoms with van der Waals surface area (Å²) in [6.07, 6.45) is 0.819. The fraction of sp³-hybridized carbons (Fsp3) is 0.303. The molecule has 0 radical (unpaired) electrons. The quantitative estimate of drug-likeness (QED) is 0.220. The standard InChI is InChI=1S/C33H26BrClN2O4S2/c1-15-2-4-16(5-3-15)14-41-23-11-8-18(35)12-20(23)24-25-21-13-22(28(25)42-30-29(24)43-33(40)36-30)27-26(21)31(38)37(32(27)39)19-9-6-17(34)7-10-19/h2-12,21-22,24-28H,13-14H2,1H3,(H,36,40)/t21-,22-,24+,25+,26+,27+,28-/m1/s1. The lowest BCUT2D eigenvalue weighted by Gasteiger charge is -2.43. The number of carbonyl (C=O) groups is 2. The second kappa shape index (κ2) is 10.4. The molecule has 7 atom stereocenters. The van der Waals surface area contributed by atoms with Gasteiger partial charge in [0, 0.05) is 31.1 Å². The van der Waals surface area contributed by atoms with Crippen LogP contribution in [0.25, 0.3) is 0 Å². The Morgan fingerprint density at radius 2 is 1.70 bits per heavy atom. The van der Waals surface area contributed by atoms with E-state index in [0.29, 0.717) is 17.3 Å². The van der Waals surface area contributed by atoms with Crippen LogP contribution in [0.1, 0.15) is 33.9 Å². The monoisotopic (exact) mass is 692 g/mol. The van der Waals surface area contributed by atoms with Crippen LogP contribution in [0.2, 0.25) is 5.02 Å². The molecule has 43 heavy (non-hydrogen) atoms. The molecule has 4 aliphatic rings. The summed E-state index contributed by atoms with van der Waals surface area (Å²) in [5.41, 5.74) is 3.78. The van der Waals surface area contributed by atoms with Gasteiger partial charge in [0.15, 0.2) is 0 Å². The van der Waals surface area contributed by atoms with Crippen molar-refractivity contribution in [2.45, 2.75) is 36.1 Å². The highest BCUT2D eigenvalue weighted by molar-refractivity contribution is 9.10. The van der Waals surface area contributed by atoms with Gasteiger partial charge in [0.05, 0.1) is 22.5 Å². The van der Waals surface area contributed by atoms with Crippen molar-refractivity contribution >= 4 is 68.1 Å². The third-order valence-corrected chi connectivity index (χ3v) is 13.0. The molecule has 3 heterocycles. The Morgan fingerprint density at radius 1 is 0.977 bits per heavy atom. The van der Waals surface area contributed by atoms with E-state index in [-0.39, 0.29) is 57.4 Å². The Bertz CT molecular complexity index is 1840. The highest BCUT2D eigenvalue weighted by Crippen LogP contribution is 2.69. The van der Waals surface area contributed by atoms with E-state index in [9.17, 15) is 14.4 Å². The molecule has 8 rings (SSSR count). The molecular weight excluding hydrogens is 668 g/mol. The molecule has 2 aliphatic carbocycles. The first-order valence-corrected chi connectivity index (χ1v) is 17.2. The summed E-state index contributed by atoms with van der Waals surface area (Å²) in [4.78, 5) is 46.0. The SMILES string of the molecule is Cc1ccc(COc2ccc(Cl)cc2[C@@H]2c3sc(=O)[nH]c3S[C@@H]3[C@@H]4C[C@@H]([C@@H]5C(=O)N(c6ccc(Br)cc6)C(=O)[C@@H]45)[C@@H]23)cc1. The number of carbonyl (C=O) groups excluding carboxylic acids is 2. The van der Waals surface area contributed by atoms with E-state index >= 15 is 0 Å². The second-order valence-electron chi connectivity index (χ2n) is 11.9. The van der Waals surface area contributed by atoms with Crippen LogP contribution >= 0.6 is 50.6 Å². The number of thioether (sulfide) groups is 1. The molecule has 2 aliphatic heterocycles. The summed E-state index contributed by atoms with van der Waals surface area (Å²) >= 11 is 13.0. The molecule has 1 aromatic heterocycles. The van der Waals surface area contributed by atoms with E-state index in [2.05, 4.69) is 52.1 Å². The number of hydrogen-bond acceptors (Lipinski definition) is 6. The number of fused-ring (bicyclic) bond motifs is 9. The van der Waals surface area contributed by atoms with Gasteiger partial charge in [0.2, 0.25) is 11.8 Å². The van der Waals surface area contributed by atoms with Crippen LogP contribution < -0.4 is 14.5 Å². The first-order valence-electron chi connectivity index (χ1n) is 14.3. The van der Waals surface area contributed by atoms with Crippen molar-refractivity contribution in [3.8, 4) is 5.75 Å². The maximum absolute atomic E-state index is 14.0. The number of halogens is 2. The Labute approximate surface area is 269 Å². The van der Waals surface area contributed by atoms with Crippen molar-refractivity contribution in [2.75, 3.05) is 4.90 Å². The number of nitrogens with zero attached hydrogens (tertiary/aromatic N) is 1. The van der Waals surface area contributed by atoms with Crippen molar-refractivity contribution < 1.29 is 14.3 Å². The Balaban J connectivity index is 1.20. The lowest BCUT2D eigenvalue weighted by atomic mass is 9.68. The van der Waals surface area contributed by atoms with Gasteiger partial charge in [-0.3, -0.25) is 19.3 Å². The third kappa shape index (κ3) is 4.37. The minimum absolute atomic E-state index is 0.00341. The van der Waals surface area contributed by atoms with Crippen LogP contribution in [0, 0.1) is 36.5 Å². The summed E-state index contributed by atoms with van der Waals surface area (Å²) in [6.45, 7) is 2.45. The van der Waals surface area contributed by atoms with E-state index in [0.717, 1.165) is 37.7 Å². The number of H-pyrrole nitrogens is 1. The molecule has 1 N–H and O–H groups in total. The molecule has 2 bridgehead atoms. The number of benzene rings is 3. The van der Waals surface area contributed by atoms with Crippen molar-refractivity contribution in [2.24, 2.45) is 29.6 Å². The number of anilines is 1. The summed E-state index contributed by atoms with van der Waals surface area (Å²) < 4.78 is 7.34. The maximum Gasteiger partial charge on any atom is 0.305 e. The second-order valence-corrected chi connectivity index (χ2v) is 15.5. The largest absolute Gasteiger partial charge is 0.489 e. The van der Waals surface area contributed by atoms with E-state index in [1.807, 2.05) is 42.5 Å². The topological polar surface area (TPSA) is 79.5 Å². The predicted molar refractivity (Wildman–Crippen MR) is 172 cm³/mol. The van der Waals surface area contributed by atoms with Crippen LogP contribution in [-0.4, -0.2) is 22.0 Å². The molecule has 2 saturated carbocycles. The lowest BCUT2D eigenvalue weighted by Crippen LogP contribution is -2.42. The van der Waals surface area contributed by atoms with Crippen LogP contribution in [0.3, 0.4) is 0 Å². The normalized spacial score (nSPS) is 28.6. The number of aryl methyl sites for hydroxylation is 1. The van der Waals surface area contributed by atoms with Crippen LogP contribution in [0.4, 0.5) is 5.69 Å². The Kier molecular flexibility index (Phi) is 6.67. The van der Waals surface area contributed by atoms with E-state index in [4.69, 9.17) is 16.3 Å². The highest BCUT2D eigenvalue weighted by atomic mass is 79.9. The molecule has 6 nitrogen and oxygen atoms in total. The number of imide groups is 1. The molecule has 3 aromatic carbocycles. The zero-order valence-electron chi connectivity index (χ0n) is 23.0. The number of nitrogens with one attached hydrogen (secondary N) is 1. The predicted octanol–water partition coefficient (Wildman–Crippen LogP) is 7.42. The van der Waals surface area contributed by atoms with Gasteiger partial charge in [-0.15, -0.1) is 11.8 Å². The van der Waals surface area contributed by atoms with Gasteiger partial charge >= 0.3 is 4.87 Å². The van der Waals surface area contributed by atoms with Gasteiger partial charge < -0.3 is 9.72 Å². The van der Waals surface area contributed by atoms with Crippen molar-refractivity contribution in [1.82, 2.24) is 4.98 Å². The fourth-order valence-corrected chi connectivity index (χ4v) is 11.3. The lowest BCUT2D eigenvalue weighted by molar-refractivity contribution is -0.123. The number of thiazole rings is 1. The van der Waals surface area contributed by atoms with Crippen molar-refractivity contribution in [3.05, 3.63) is 107 Å². The highest BCUT2D eigenvalue weighted by Gasteiger charge is 2.69. The van der Waals surface area contributed by atoms with Crippen LogP contribution in [0.15, 0.2) is 81.0 Å². The number of hydrogen-bond donors (Lipinski definition) is 1. The smallest absolute Gasteiger partial charge is 0.305 e. The van der Waals surface area contributed by atoms with Gasteiger partial charge in [-0.25, -0.2) is 0 Å². The van der Waals surface area contributed by atoms with Gasteiger partial charge in [-0.2, -0.15) is 0 Å². The van der Waals surface area contributed by atoms with E-state index in [1.54, 1.807) is 11.8 Å².